The lowest BCUT2D eigenvalue weighted by Crippen LogP contribution is -2.25. The summed E-state index contributed by atoms with van der Waals surface area (Å²) in [5.74, 6) is 0.0366. The van der Waals surface area contributed by atoms with Crippen LogP contribution in [0, 0.1) is 16.0 Å². The Labute approximate surface area is 133 Å². The van der Waals surface area contributed by atoms with Crippen LogP contribution in [0.5, 0.6) is 0 Å². The highest BCUT2D eigenvalue weighted by atomic mass is 35.5. The fraction of sp³-hybridized carbons (Fsp3) is 0.533. The first kappa shape index (κ1) is 16.7. The van der Waals surface area contributed by atoms with Crippen LogP contribution in [0.1, 0.15) is 42.5 Å². The fourth-order valence-electron chi connectivity index (χ4n) is 2.82. The number of nitro groups is 1. The maximum atomic E-state index is 11.9. The van der Waals surface area contributed by atoms with E-state index in [0.717, 1.165) is 32.1 Å². The monoisotopic (exact) mass is 326 g/mol. The highest BCUT2D eigenvalue weighted by Crippen LogP contribution is 2.29. The lowest BCUT2D eigenvalue weighted by atomic mass is 10.00. The molecule has 7 heteroatoms. The van der Waals surface area contributed by atoms with Gasteiger partial charge in [-0.15, -0.1) is 0 Å². The van der Waals surface area contributed by atoms with Gasteiger partial charge in [-0.25, -0.2) is 0 Å². The summed E-state index contributed by atoms with van der Waals surface area (Å²) in [6, 6.07) is 3.92. The van der Waals surface area contributed by atoms with Crippen LogP contribution in [0.15, 0.2) is 18.2 Å². The summed E-state index contributed by atoms with van der Waals surface area (Å²) in [7, 11) is 0. The molecule has 2 rings (SSSR count). The molecule has 6 nitrogen and oxygen atoms in total. The van der Waals surface area contributed by atoms with E-state index in [1.807, 2.05) is 0 Å². The normalized spacial score (nSPS) is 20.8. The molecule has 22 heavy (non-hydrogen) atoms. The molecule has 0 bridgehead atoms. The van der Waals surface area contributed by atoms with E-state index < -0.39 is 4.92 Å². The van der Waals surface area contributed by atoms with Crippen molar-refractivity contribution in [1.82, 2.24) is 5.32 Å². The average molecular weight is 327 g/mol. The molecule has 1 aromatic rings. The Morgan fingerprint density at radius 1 is 1.45 bits per heavy atom. The summed E-state index contributed by atoms with van der Waals surface area (Å²) in [6.45, 7) is 0.511. The fourth-order valence-corrected chi connectivity index (χ4v) is 3.07. The number of halogens is 1. The Kier molecular flexibility index (Phi) is 5.74. The third kappa shape index (κ3) is 4.18. The van der Waals surface area contributed by atoms with Gasteiger partial charge < -0.3 is 10.4 Å². The van der Waals surface area contributed by atoms with Crippen molar-refractivity contribution in [3.63, 3.8) is 0 Å². The van der Waals surface area contributed by atoms with Crippen molar-refractivity contribution in [3.05, 3.63) is 38.9 Å². The predicted molar refractivity (Wildman–Crippen MR) is 83.0 cm³/mol. The van der Waals surface area contributed by atoms with Gasteiger partial charge in [0, 0.05) is 18.2 Å². The molecule has 1 amide bonds. The number of aliphatic hydroxyl groups excluding tert-OH is 1. The number of benzene rings is 1. The highest BCUT2D eigenvalue weighted by Gasteiger charge is 2.24. The quantitative estimate of drug-likeness (QED) is 0.477. The maximum Gasteiger partial charge on any atom is 0.287 e. The number of aliphatic hydroxyl groups is 1. The Bertz CT molecular complexity index is 564. The summed E-state index contributed by atoms with van der Waals surface area (Å²) in [5, 5.41) is 23.1. The Balaban J connectivity index is 1.80. The molecule has 1 aliphatic carbocycles. The molecule has 0 aliphatic heterocycles. The number of rotatable bonds is 6. The summed E-state index contributed by atoms with van der Waals surface area (Å²) >= 11 is 5.78. The molecule has 120 valence electrons. The van der Waals surface area contributed by atoms with Crippen LogP contribution < -0.4 is 5.32 Å². The van der Waals surface area contributed by atoms with Gasteiger partial charge in [-0.3, -0.25) is 14.9 Å². The molecule has 0 saturated heterocycles. The van der Waals surface area contributed by atoms with Crippen molar-refractivity contribution in [1.29, 1.82) is 0 Å². The Morgan fingerprint density at radius 3 is 2.82 bits per heavy atom. The van der Waals surface area contributed by atoms with Gasteiger partial charge in [0.2, 0.25) is 0 Å². The Morgan fingerprint density at radius 2 is 2.23 bits per heavy atom. The third-order valence-corrected chi connectivity index (χ3v) is 4.37. The van der Waals surface area contributed by atoms with Crippen molar-refractivity contribution >= 4 is 23.2 Å². The second kappa shape index (κ2) is 7.56. The number of nitrogens with zero attached hydrogens (tertiary/aromatic N) is 1. The zero-order valence-corrected chi connectivity index (χ0v) is 12.9. The first-order valence-electron chi connectivity index (χ1n) is 7.39. The van der Waals surface area contributed by atoms with Gasteiger partial charge in [0.25, 0.3) is 11.6 Å². The van der Waals surface area contributed by atoms with Crippen molar-refractivity contribution in [2.75, 3.05) is 6.54 Å². The molecular weight excluding hydrogens is 308 g/mol. The van der Waals surface area contributed by atoms with Gasteiger partial charge in [0.15, 0.2) is 0 Å². The first-order chi connectivity index (χ1) is 10.5. The average Bonchev–Trinajstić information content (AvgIpc) is 2.88. The van der Waals surface area contributed by atoms with Crippen LogP contribution in [0.2, 0.25) is 5.02 Å². The molecule has 1 aliphatic rings. The smallest absolute Gasteiger partial charge is 0.287 e. The maximum absolute atomic E-state index is 11.9. The van der Waals surface area contributed by atoms with Gasteiger partial charge >= 0.3 is 0 Å². The van der Waals surface area contributed by atoms with Crippen LogP contribution in [0.3, 0.4) is 0 Å². The molecule has 0 unspecified atom stereocenters. The lowest BCUT2D eigenvalue weighted by Gasteiger charge is -2.14. The number of hydrogen-bond donors (Lipinski definition) is 2. The summed E-state index contributed by atoms with van der Waals surface area (Å²) in [5.41, 5.74) is 0.0879. The van der Waals surface area contributed by atoms with Crippen LogP contribution in [-0.2, 0) is 0 Å². The van der Waals surface area contributed by atoms with E-state index in [2.05, 4.69) is 5.32 Å². The van der Waals surface area contributed by atoms with Crippen molar-refractivity contribution in [3.8, 4) is 0 Å². The van der Waals surface area contributed by atoms with Gasteiger partial charge in [0.05, 0.1) is 11.0 Å². The Hall–Kier alpha value is -1.66. The van der Waals surface area contributed by atoms with Crippen LogP contribution in [0.4, 0.5) is 5.69 Å². The molecule has 2 atom stereocenters. The highest BCUT2D eigenvalue weighted by molar-refractivity contribution is 6.33. The molecule has 2 N–H and O–H groups in total. The summed E-state index contributed by atoms with van der Waals surface area (Å²) in [6.07, 6.45) is 4.48. The summed E-state index contributed by atoms with van der Waals surface area (Å²) in [4.78, 5) is 22.0. The second-order valence-electron chi connectivity index (χ2n) is 5.58. The minimum absolute atomic E-state index is 0.0493. The van der Waals surface area contributed by atoms with E-state index in [9.17, 15) is 20.0 Å². The summed E-state index contributed by atoms with van der Waals surface area (Å²) < 4.78 is 0. The standard InChI is InChI=1S/C15H19ClN2O4/c16-12-9-11(6-7-13(12)18(21)22)15(20)17-8-2-4-10-3-1-5-14(10)19/h6-7,9-10,14,19H,1-5,8H2,(H,17,20)/t10-,14-/m0/s1. The molecule has 0 spiro atoms. The van der Waals surface area contributed by atoms with E-state index >= 15 is 0 Å². The van der Waals surface area contributed by atoms with Gasteiger partial charge in [-0.1, -0.05) is 18.0 Å². The van der Waals surface area contributed by atoms with Crippen LogP contribution in [0.25, 0.3) is 0 Å². The predicted octanol–water partition coefficient (Wildman–Crippen LogP) is 2.92. The zero-order chi connectivity index (χ0) is 16.1. The van der Waals surface area contributed by atoms with E-state index in [-0.39, 0.29) is 22.7 Å². The van der Waals surface area contributed by atoms with Crippen LogP contribution in [-0.4, -0.2) is 28.6 Å². The first-order valence-corrected chi connectivity index (χ1v) is 7.77. The number of carbonyl (C=O) groups is 1. The largest absolute Gasteiger partial charge is 0.393 e. The molecule has 1 aromatic carbocycles. The zero-order valence-electron chi connectivity index (χ0n) is 12.1. The minimum Gasteiger partial charge on any atom is -0.393 e. The van der Waals surface area contributed by atoms with Gasteiger partial charge in [-0.2, -0.15) is 0 Å². The van der Waals surface area contributed by atoms with Gasteiger partial charge in [-0.05, 0) is 43.7 Å². The van der Waals surface area contributed by atoms with Crippen molar-refractivity contribution in [2.45, 2.75) is 38.2 Å². The molecule has 1 saturated carbocycles. The van der Waals surface area contributed by atoms with E-state index in [1.54, 1.807) is 0 Å². The van der Waals surface area contributed by atoms with Crippen LogP contribution >= 0.6 is 11.6 Å². The minimum atomic E-state index is -0.586. The van der Waals surface area contributed by atoms with Crippen molar-refractivity contribution in [2.24, 2.45) is 5.92 Å². The van der Waals surface area contributed by atoms with E-state index in [0.29, 0.717) is 18.0 Å². The topological polar surface area (TPSA) is 92.5 Å². The van der Waals surface area contributed by atoms with E-state index in [1.165, 1.54) is 18.2 Å². The molecular formula is C15H19ClN2O4. The number of hydrogen-bond acceptors (Lipinski definition) is 4. The number of amides is 1. The molecule has 0 aromatic heterocycles. The lowest BCUT2D eigenvalue weighted by molar-refractivity contribution is -0.384. The molecule has 0 heterocycles. The van der Waals surface area contributed by atoms with Crippen molar-refractivity contribution < 1.29 is 14.8 Å². The number of nitro benzene ring substituents is 1. The SMILES string of the molecule is O=C(NCCC[C@@H]1CCC[C@@H]1O)c1ccc([N+](=O)[O-])c(Cl)c1. The number of nitrogens with one attached hydrogen (secondary N) is 1. The number of carbonyl (C=O) groups excluding carboxylic acids is 1. The second-order valence-corrected chi connectivity index (χ2v) is 5.99. The third-order valence-electron chi connectivity index (χ3n) is 4.06. The molecule has 1 fully saturated rings. The molecule has 0 radical (unpaired) electrons. The van der Waals surface area contributed by atoms with Gasteiger partial charge in [0.1, 0.15) is 5.02 Å². The van der Waals surface area contributed by atoms with E-state index in [4.69, 9.17) is 11.6 Å².